The fourth-order valence-corrected chi connectivity index (χ4v) is 3.17. The summed E-state index contributed by atoms with van der Waals surface area (Å²) in [6.07, 6.45) is -0.346. The first-order valence-corrected chi connectivity index (χ1v) is 7.80. The molecule has 0 bridgehead atoms. The summed E-state index contributed by atoms with van der Waals surface area (Å²) in [5.74, 6) is -1.55. The van der Waals surface area contributed by atoms with E-state index in [0.29, 0.717) is 0 Å². The van der Waals surface area contributed by atoms with Gasteiger partial charge < -0.3 is 14.4 Å². The first kappa shape index (κ1) is 16.9. The number of piperidine rings is 1. The van der Waals surface area contributed by atoms with Crippen LogP contribution in [0.4, 0.5) is 29.3 Å². The van der Waals surface area contributed by atoms with Gasteiger partial charge in [0, 0.05) is 45.2 Å². The standard InChI is InChI=1S/C16H19F3N2O3/c1-23-10-16(19)2-4-20(5-3-16)14-12(17)8-11(9-13(14)18)21-6-7-24-15(21)22/h8-9H,2-7,10H2,1H3. The second-order valence-electron chi connectivity index (χ2n) is 6.09. The molecule has 2 aliphatic rings. The number of methoxy groups -OCH3 is 1. The maximum atomic E-state index is 14.4. The van der Waals surface area contributed by atoms with Crippen molar-refractivity contribution in [1.82, 2.24) is 0 Å². The molecule has 5 nitrogen and oxygen atoms in total. The molecule has 0 aliphatic carbocycles. The number of cyclic esters (lactones) is 1. The third-order valence-corrected chi connectivity index (χ3v) is 4.45. The van der Waals surface area contributed by atoms with Gasteiger partial charge in [0.15, 0.2) is 11.6 Å². The highest BCUT2D eigenvalue weighted by molar-refractivity contribution is 5.89. The van der Waals surface area contributed by atoms with Crippen molar-refractivity contribution >= 4 is 17.5 Å². The van der Waals surface area contributed by atoms with Crippen LogP contribution in [0, 0.1) is 11.6 Å². The van der Waals surface area contributed by atoms with Crippen LogP contribution in [0.1, 0.15) is 12.8 Å². The maximum Gasteiger partial charge on any atom is 0.414 e. The van der Waals surface area contributed by atoms with E-state index in [1.807, 2.05) is 0 Å². The van der Waals surface area contributed by atoms with E-state index in [1.165, 1.54) is 16.9 Å². The van der Waals surface area contributed by atoms with E-state index in [9.17, 15) is 18.0 Å². The van der Waals surface area contributed by atoms with Gasteiger partial charge in [-0.2, -0.15) is 0 Å². The van der Waals surface area contributed by atoms with Crippen LogP contribution < -0.4 is 9.80 Å². The molecule has 0 atom stereocenters. The predicted octanol–water partition coefficient (Wildman–Crippen LogP) is 2.88. The van der Waals surface area contributed by atoms with Gasteiger partial charge in [-0.15, -0.1) is 0 Å². The Morgan fingerprint density at radius 1 is 1.21 bits per heavy atom. The van der Waals surface area contributed by atoms with Crippen molar-refractivity contribution in [3.8, 4) is 0 Å². The molecule has 2 fully saturated rings. The largest absolute Gasteiger partial charge is 0.447 e. The van der Waals surface area contributed by atoms with Crippen LogP contribution in [-0.4, -0.2) is 51.7 Å². The zero-order valence-electron chi connectivity index (χ0n) is 13.4. The van der Waals surface area contributed by atoms with Gasteiger partial charge in [0.05, 0.1) is 18.8 Å². The molecule has 2 heterocycles. The van der Waals surface area contributed by atoms with Gasteiger partial charge in [0.2, 0.25) is 0 Å². The third-order valence-electron chi connectivity index (χ3n) is 4.45. The number of carbonyl (C=O) groups is 1. The fraction of sp³-hybridized carbons (Fsp3) is 0.562. The quantitative estimate of drug-likeness (QED) is 0.842. The van der Waals surface area contributed by atoms with Crippen LogP contribution >= 0.6 is 0 Å². The SMILES string of the molecule is COCC1(F)CCN(c2c(F)cc(N3CCOC3=O)cc2F)CC1. The molecule has 0 spiro atoms. The molecule has 0 aromatic heterocycles. The summed E-state index contributed by atoms with van der Waals surface area (Å²) < 4.78 is 52.9. The Morgan fingerprint density at radius 2 is 1.83 bits per heavy atom. The molecule has 8 heteroatoms. The number of ether oxygens (including phenoxy) is 2. The number of alkyl halides is 1. The summed E-state index contributed by atoms with van der Waals surface area (Å²) in [6, 6.07) is 2.22. The first-order valence-electron chi connectivity index (χ1n) is 7.80. The van der Waals surface area contributed by atoms with Gasteiger partial charge in [0.25, 0.3) is 0 Å². The topological polar surface area (TPSA) is 42.0 Å². The number of carbonyl (C=O) groups excluding carboxylic acids is 1. The lowest BCUT2D eigenvalue weighted by Crippen LogP contribution is -2.44. The summed E-state index contributed by atoms with van der Waals surface area (Å²) >= 11 is 0. The van der Waals surface area contributed by atoms with Crippen LogP contribution in [0.15, 0.2) is 12.1 Å². The molecule has 2 saturated heterocycles. The van der Waals surface area contributed by atoms with E-state index in [1.54, 1.807) is 0 Å². The molecule has 0 radical (unpaired) electrons. The van der Waals surface area contributed by atoms with E-state index in [4.69, 9.17) is 9.47 Å². The molecule has 1 amide bonds. The van der Waals surface area contributed by atoms with Crippen molar-refractivity contribution in [2.45, 2.75) is 18.5 Å². The number of hydrogen-bond acceptors (Lipinski definition) is 4. The lowest BCUT2D eigenvalue weighted by Gasteiger charge is -2.37. The van der Waals surface area contributed by atoms with E-state index in [0.717, 1.165) is 12.1 Å². The second-order valence-corrected chi connectivity index (χ2v) is 6.09. The summed E-state index contributed by atoms with van der Waals surface area (Å²) in [4.78, 5) is 14.2. The number of nitrogens with zero attached hydrogens (tertiary/aromatic N) is 2. The smallest absolute Gasteiger partial charge is 0.414 e. The van der Waals surface area contributed by atoms with Crippen LogP contribution in [-0.2, 0) is 9.47 Å². The molecule has 3 rings (SSSR count). The Balaban J connectivity index is 1.79. The molecule has 1 aromatic rings. The van der Waals surface area contributed by atoms with Crippen LogP contribution in [0.5, 0.6) is 0 Å². The number of halogens is 3. The van der Waals surface area contributed by atoms with Crippen molar-refractivity contribution in [1.29, 1.82) is 0 Å². The monoisotopic (exact) mass is 344 g/mol. The Kier molecular flexibility index (Phi) is 4.58. The summed E-state index contributed by atoms with van der Waals surface area (Å²) in [5, 5.41) is 0. The van der Waals surface area contributed by atoms with Crippen molar-refractivity contribution in [2.75, 3.05) is 49.8 Å². The lowest BCUT2D eigenvalue weighted by molar-refractivity contribution is 0.0226. The minimum Gasteiger partial charge on any atom is -0.447 e. The van der Waals surface area contributed by atoms with E-state index in [2.05, 4.69) is 0 Å². The Bertz CT molecular complexity index is 610. The third kappa shape index (κ3) is 3.15. The number of hydrogen-bond donors (Lipinski definition) is 0. The van der Waals surface area contributed by atoms with Crippen LogP contribution in [0.2, 0.25) is 0 Å². The van der Waals surface area contributed by atoms with E-state index in [-0.39, 0.29) is 57.1 Å². The maximum absolute atomic E-state index is 14.4. The summed E-state index contributed by atoms with van der Waals surface area (Å²) in [7, 11) is 1.43. The second kappa shape index (κ2) is 6.51. The average molecular weight is 344 g/mol. The minimum atomic E-state index is -1.46. The van der Waals surface area contributed by atoms with Crippen LogP contribution in [0.25, 0.3) is 0 Å². The fourth-order valence-electron chi connectivity index (χ4n) is 3.17. The molecule has 0 N–H and O–H groups in total. The minimum absolute atomic E-state index is 0.0260. The number of rotatable bonds is 4. The lowest BCUT2D eigenvalue weighted by atomic mass is 9.94. The predicted molar refractivity (Wildman–Crippen MR) is 82.2 cm³/mol. The normalized spacial score (nSPS) is 20.4. The molecule has 24 heavy (non-hydrogen) atoms. The molecule has 0 unspecified atom stereocenters. The number of benzene rings is 1. The molecular formula is C16H19F3N2O3. The van der Waals surface area contributed by atoms with E-state index >= 15 is 0 Å². The van der Waals surface area contributed by atoms with Gasteiger partial charge in [-0.25, -0.2) is 18.0 Å². The molecule has 132 valence electrons. The van der Waals surface area contributed by atoms with Gasteiger partial charge >= 0.3 is 6.09 Å². The Hall–Kier alpha value is -1.96. The average Bonchev–Trinajstić information content (AvgIpc) is 2.95. The Morgan fingerprint density at radius 3 is 2.33 bits per heavy atom. The molecular weight excluding hydrogens is 325 g/mol. The zero-order valence-corrected chi connectivity index (χ0v) is 13.4. The number of anilines is 2. The Labute approximate surface area is 137 Å². The van der Waals surface area contributed by atoms with Gasteiger partial charge in [0.1, 0.15) is 18.0 Å². The van der Waals surface area contributed by atoms with Crippen molar-refractivity contribution in [2.24, 2.45) is 0 Å². The van der Waals surface area contributed by atoms with Crippen molar-refractivity contribution in [3.63, 3.8) is 0 Å². The van der Waals surface area contributed by atoms with E-state index < -0.39 is 23.4 Å². The van der Waals surface area contributed by atoms with Gasteiger partial charge in [-0.05, 0) is 0 Å². The van der Waals surface area contributed by atoms with Gasteiger partial charge in [-0.3, -0.25) is 4.90 Å². The zero-order chi connectivity index (χ0) is 17.3. The highest BCUT2D eigenvalue weighted by Crippen LogP contribution is 2.34. The number of amides is 1. The molecule has 1 aromatic carbocycles. The van der Waals surface area contributed by atoms with Crippen LogP contribution in [0.3, 0.4) is 0 Å². The first-order chi connectivity index (χ1) is 11.4. The highest BCUT2D eigenvalue weighted by Gasteiger charge is 2.36. The molecule has 0 saturated carbocycles. The van der Waals surface area contributed by atoms with Crippen molar-refractivity contribution < 1.29 is 27.4 Å². The van der Waals surface area contributed by atoms with Crippen molar-refractivity contribution in [3.05, 3.63) is 23.8 Å². The summed E-state index contributed by atoms with van der Waals surface area (Å²) in [6.45, 7) is 0.801. The summed E-state index contributed by atoms with van der Waals surface area (Å²) in [5.41, 5.74) is -1.53. The van der Waals surface area contributed by atoms with Gasteiger partial charge in [-0.1, -0.05) is 0 Å². The highest BCUT2D eigenvalue weighted by atomic mass is 19.1. The molecule has 2 aliphatic heterocycles.